The topological polar surface area (TPSA) is 124 Å². The van der Waals surface area contributed by atoms with Crippen LogP contribution in [0.3, 0.4) is 0 Å². The third kappa shape index (κ3) is 11.2. The first-order valence-corrected chi connectivity index (χ1v) is 8.77. The van der Waals surface area contributed by atoms with Crippen molar-refractivity contribution in [1.82, 2.24) is 0 Å². The molecule has 0 spiro atoms. The van der Waals surface area contributed by atoms with Gasteiger partial charge in [-0.2, -0.15) is 10.4 Å². The number of carbonyl (C=O) groups excluding carboxylic acids is 2. The number of esters is 2. The van der Waals surface area contributed by atoms with E-state index in [1.165, 1.54) is 28.1 Å². The smallest absolute Gasteiger partial charge is 0.338 e. The van der Waals surface area contributed by atoms with Gasteiger partial charge in [-0.1, -0.05) is 0 Å². The summed E-state index contributed by atoms with van der Waals surface area (Å²) >= 11 is 0. The molecular formula is C18H28N4O6. The van der Waals surface area contributed by atoms with E-state index in [0.717, 1.165) is 0 Å². The molecule has 0 aliphatic heterocycles. The minimum atomic E-state index is -1.31. The molecule has 0 fully saturated rings. The van der Waals surface area contributed by atoms with Gasteiger partial charge in [-0.05, 0) is 13.3 Å². The molecule has 0 aliphatic rings. The van der Waals surface area contributed by atoms with Gasteiger partial charge >= 0.3 is 17.6 Å². The fourth-order valence-electron chi connectivity index (χ4n) is 1.78. The fourth-order valence-corrected chi connectivity index (χ4v) is 1.78. The fraction of sp³-hybridized carbons (Fsp3) is 0.778. The van der Waals surface area contributed by atoms with Gasteiger partial charge in [0.15, 0.2) is 5.54 Å². The zero-order valence-electron chi connectivity index (χ0n) is 16.9. The molecule has 10 heteroatoms. The van der Waals surface area contributed by atoms with Gasteiger partial charge in [-0.3, -0.25) is 14.4 Å². The molecule has 0 saturated carbocycles. The molecule has 156 valence electrons. The summed E-state index contributed by atoms with van der Waals surface area (Å²) < 4.78 is 19.5. The Balaban J connectivity index is 4.71. The standard InChI is InChI=1S/C18H28N4O6/c1-17(14-19,8-6-15(23)27-12-10-25-4)21-22-18(2,20-3)9-7-16(24)28-13-11-26-5/h6-13H2,1-2,4-5H3. The van der Waals surface area contributed by atoms with Crippen molar-refractivity contribution >= 4 is 11.9 Å². The molecular weight excluding hydrogens is 368 g/mol. The predicted octanol–water partition coefficient (Wildman–Crippen LogP) is 2.30. The SMILES string of the molecule is [C-]#[N+]C(C)(CCC(=O)OCCOC)N=NC(C)(C#N)CCC(=O)OCCOC. The Morgan fingerprint density at radius 2 is 1.46 bits per heavy atom. The van der Waals surface area contributed by atoms with Gasteiger partial charge in [0.2, 0.25) is 0 Å². The number of carbonyl (C=O) groups is 2. The number of rotatable bonds is 14. The van der Waals surface area contributed by atoms with E-state index in [0.29, 0.717) is 6.61 Å². The van der Waals surface area contributed by atoms with Crippen LogP contribution in [0.1, 0.15) is 39.5 Å². The highest BCUT2D eigenvalue weighted by atomic mass is 16.6. The van der Waals surface area contributed by atoms with Crippen molar-refractivity contribution in [2.45, 2.75) is 50.7 Å². The van der Waals surface area contributed by atoms with Crippen molar-refractivity contribution in [2.24, 2.45) is 10.2 Å². The largest absolute Gasteiger partial charge is 0.463 e. The predicted molar refractivity (Wildman–Crippen MR) is 98.0 cm³/mol. The Morgan fingerprint density at radius 1 is 0.964 bits per heavy atom. The third-order valence-electron chi connectivity index (χ3n) is 3.69. The molecule has 0 aromatic rings. The molecule has 0 heterocycles. The van der Waals surface area contributed by atoms with Crippen LogP contribution in [-0.2, 0) is 28.5 Å². The summed E-state index contributed by atoms with van der Waals surface area (Å²) in [6.07, 6.45) is 0.141. The second-order valence-corrected chi connectivity index (χ2v) is 6.34. The summed E-state index contributed by atoms with van der Waals surface area (Å²) in [6, 6.07) is 2.00. The minimum absolute atomic E-state index is 0.0172. The molecule has 28 heavy (non-hydrogen) atoms. The lowest BCUT2D eigenvalue weighted by molar-refractivity contribution is -0.146. The second-order valence-electron chi connectivity index (χ2n) is 6.34. The molecule has 0 amide bonds. The van der Waals surface area contributed by atoms with Crippen molar-refractivity contribution in [3.05, 3.63) is 11.4 Å². The number of hydrogen-bond donors (Lipinski definition) is 0. The number of hydrogen-bond acceptors (Lipinski definition) is 9. The average Bonchev–Trinajstić information content (AvgIpc) is 2.69. The molecule has 0 aliphatic carbocycles. The zero-order valence-corrected chi connectivity index (χ0v) is 16.9. The monoisotopic (exact) mass is 396 g/mol. The van der Waals surface area contributed by atoms with E-state index in [9.17, 15) is 14.9 Å². The number of methoxy groups -OCH3 is 2. The van der Waals surface area contributed by atoms with E-state index in [1.54, 1.807) is 0 Å². The van der Waals surface area contributed by atoms with Crippen LogP contribution in [0.5, 0.6) is 0 Å². The summed E-state index contributed by atoms with van der Waals surface area (Å²) in [5.41, 5.74) is -2.59. The Hall–Kier alpha value is -2.56. The van der Waals surface area contributed by atoms with Crippen molar-refractivity contribution < 1.29 is 28.5 Å². The van der Waals surface area contributed by atoms with E-state index in [-0.39, 0.29) is 45.5 Å². The maximum absolute atomic E-state index is 11.7. The third-order valence-corrected chi connectivity index (χ3v) is 3.69. The minimum Gasteiger partial charge on any atom is -0.463 e. The van der Waals surface area contributed by atoms with Crippen LogP contribution in [0.25, 0.3) is 4.85 Å². The first kappa shape index (κ1) is 25.4. The molecule has 0 aromatic carbocycles. The van der Waals surface area contributed by atoms with E-state index < -0.39 is 23.1 Å². The summed E-state index contributed by atoms with van der Waals surface area (Å²) in [6.45, 7) is 11.2. The van der Waals surface area contributed by atoms with E-state index >= 15 is 0 Å². The van der Waals surface area contributed by atoms with Crippen molar-refractivity contribution in [3.8, 4) is 6.07 Å². The van der Waals surface area contributed by atoms with Crippen LogP contribution >= 0.6 is 0 Å². The highest BCUT2D eigenvalue weighted by Crippen LogP contribution is 2.25. The Labute approximate surface area is 165 Å². The highest BCUT2D eigenvalue weighted by Gasteiger charge is 2.33. The zero-order chi connectivity index (χ0) is 21.5. The summed E-state index contributed by atoms with van der Waals surface area (Å²) in [4.78, 5) is 26.7. The first-order valence-electron chi connectivity index (χ1n) is 8.77. The van der Waals surface area contributed by atoms with Crippen LogP contribution in [0.15, 0.2) is 10.2 Å². The van der Waals surface area contributed by atoms with Gasteiger partial charge in [-0.25, -0.2) is 6.57 Å². The van der Waals surface area contributed by atoms with Crippen LogP contribution in [0.2, 0.25) is 0 Å². The van der Waals surface area contributed by atoms with E-state index in [2.05, 4.69) is 15.1 Å². The van der Waals surface area contributed by atoms with Crippen LogP contribution in [-0.4, -0.2) is 63.8 Å². The average molecular weight is 396 g/mol. The molecule has 0 aromatic heterocycles. The molecule has 0 N–H and O–H groups in total. The lowest BCUT2D eigenvalue weighted by atomic mass is 9.99. The lowest BCUT2D eigenvalue weighted by Gasteiger charge is -2.17. The molecule has 2 atom stereocenters. The molecule has 0 saturated heterocycles. The van der Waals surface area contributed by atoms with Crippen LogP contribution in [0.4, 0.5) is 0 Å². The summed E-state index contributed by atoms with van der Waals surface area (Å²) in [5, 5.41) is 17.3. The van der Waals surface area contributed by atoms with Crippen molar-refractivity contribution in [1.29, 1.82) is 5.26 Å². The molecule has 0 radical (unpaired) electrons. The first-order chi connectivity index (χ1) is 13.2. The Morgan fingerprint density at radius 3 is 1.89 bits per heavy atom. The Kier molecular flexibility index (Phi) is 12.3. The van der Waals surface area contributed by atoms with Gasteiger partial charge in [0, 0.05) is 27.6 Å². The number of nitriles is 1. The summed E-state index contributed by atoms with van der Waals surface area (Å²) in [7, 11) is 2.99. The highest BCUT2D eigenvalue weighted by molar-refractivity contribution is 5.69. The van der Waals surface area contributed by atoms with Gasteiger partial charge in [-0.15, -0.1) is 5.11 Å². The quantitative estimate of drug-likeness (QED) is 0.191. The van der Waals surface area contributed by atoms with E-state index in [1.807, 2.05) is 6.07 Å². The van der Waals surface area contributed by atoms with Crippen molar-refractivity contribution in [3.63, 3.8) is 0 Å². The lowest BCUT2D eigenvalue weighted by Crippen LogP contribution is -2.25. The molecule has 10 nitrogen and oxygen atoms in total. The van der Waals surface area contributed by atoms with E-state index in [4.69, 9.17) is 25.5 Å². The van der Waals surface area contributed by atoms with Crippen molar-refractivity contribution in [2.75, 3.05) is 40.6 Å². The van der Waals surface area contributed by atoms with Gasteiger partial charge in [0.25, 0.3) is 0 Å². The number of nitrogens with zero attached hydrogens (tertiary/aromatic N) is 4. The number of azo groups is 1. The summed E-state index contributed by atoms with van der Waals surface area (Å²) in [5.74, 6) is -0.940. The normalized spacial score (nSPS) is 15.1. The number of ether oxygens (including phenoxy) is 4. The van der Waals surface area contributed by atoms with Gasteiger partial charge in [0.05, 0.1) is 32.1 Å². The van der Waals surface area contributed by atoms with Crippen LogP contribution < -0.4 is 0 Å². The Bertz CT molecular complexity index is 560. The molecule has 2 unspecified atom stereocenters. The van der Waals surface area contributed by atoms with Gasteiger partial charge in [0.1, 0.15) is 13.2 Å². The molecule has 0 rings (SSSR count). The maximum Gasteiger partial charge on any atom is 0.338 e. The van der Waals surface area contributed by atoms with Gasteiger partial charge < -0.3 is 18.9 Å². The maximum atomic E-state index is 11.7. The second kappa shape index (κ2) is 13.6. The van der Waals surface area contributed by atoms with Crippen LogP contribution in [0, 0.1) is 17.9 Å². The molecule has 0 bridgehead atoms.